The van der Waals surface area contributed by atoms with Gasteiger partial charge in [-0.3, -0.25) is 8.98 Å². The van der Waals surface area contributed by atoms with Crippen molar-refractivity contribution >= 4 is 21.7 Å². The Morgan fingerprint density at radius 3 is 1.74 bits per heavy atom. The zero-order valence-electron chi connectivity index (χ0n) is 23.6. The summed E-state index contributed by atoms with van der Waals surface area (Å²) in [4.78, 5) is 14.0. The molecule has 38 heavy (non-hydrogen) atoms. The summed E-state index contributed by atoms with van der Waals surface area (Å²) in [6.07, 6.45) is 16.9. The van der Waals surface area contributed by atoms with E-state index < -0.39 is 10.1 Å². The van der Waals surface area contributed by atoms with Crippen molar-refractivity contribution in [3.8, 4) is 5.75 Å². The largest absolute Gasteiger partial charge is 0.494 e. The lowest BCUT2D eigenvalue weighted by Gasteiger charge is -2.22. The topological polar surface area (TPSA) is 72.9 Å². The van der Waals surface area contributed by atoms with Crippen molar-refractivity contribution < 1.29 is 22.1 Å². The summed E-state index contributed by atoms with van der Waals surface area (Å²) in [7, 11) is -3.50. The summed E-state index contributed by atoms with van der Waals surface area (Å²) in [5.74, 6) is 0.777. The Hall–Kier alpha value is -2.38. The van der Waals surface area contributed by atoms with Gasteiger partial charge in [0.2, 0.25) is 5.91 Å². The fourth-order valence-corrected chi connectivity index (χ4v) is 4.69. The van der Waals surface area contributed by atoms with Crippen LogP contribution in [0.1, 0.15) is 102 Å². The predicted molar refractivity (Wildman–Crippen MR) is 156 cm³/mol. The molecule has 6 nitrogen and oxygen atoms in total. The van der Waals surface area contributed by atoms with Gasteiger partial charge in [0.1, 0.15) is 5.75 Å². The number of unbranched alkanes of at least 4 members (excludes halogenated alkanes) is 11. The fourth-order valence-electron chi connectivity index (χ4n) is 4.34. The highest BCUT2D eigenvalue weighted by atomic mass is 32.2. The minimum absolute atomic E-state index is 0.0279. The van der Waals surface area contributed by atoms with Gasteiger partial charge in [-0.2, -0.15) is 8.42 Å². The summed E-state index contributed by atoms with van der Waals surface area (Å²) in [5, 5.41) is 0. The molecule has 0 saturated carbocycles. The molecule has 0 N–H and O–H groups in total. The molecule has 0 radical (unpaired) electrons. The van der Waals surface area contributed by atoms with Gasteiger partial charge >= 0.3 is 0 Å². The Morgan fingerprint density at radius 1 is 0.737 bits per heavy atom. The molecule has 2 aromatic carbocycles. The number of ether oxygens (including phenoxy) is 1. The molecular weight excluding hydrogens is 498 g/mol. The zero-order valence-corrected chi connectivity index (χ0v) is 24.4. The lowest BCUT2D eigenvalue weighted by molar-refractivity contribution is -0.116. The SMILES string of the molecule is CCCCCCCCCCCCCCOc1ccc(CN(C(C)=O)c2ccc(COS(C)(=O)=O)cc2)cc1. The Morgan fingerprint density at radius 2 is 1.24 bits per heavy atom. The van der Waals surface area contributed by atoms with Crippen LogP contribution in [0.15, 0.2) is 48.5 Å². The number of nitrogens with zero attached hydrogens (tertiary/aromatic N) is 1. The molecule has 0 spiro atoms. The molecule has 0 aliphatic carbocycles. The number of rotatable bonds is 20. The highest BCUT2D eigenvalue weighted by molar-refractivity contribution is 7.85. The first-order chi connectivity index (χ1) is 18.3. The van der Waals surface area contributed by atoms with Crippen LogP contribution >= 0.6 is 0 Å². The molecule has 0 aromatic heterocycles. The summed E-state index contributed by atoms with van der Waals surface area (Å²) < 4.78 is 33.1. The quantitative estimate of drug-likeness (QED) is 0.125. The number of hydrogen-bond donors (Lipinski definition) is 0. The second kappa shape index (κ2) is 18.0. The summed E-state index contributed by atoms with van der Waals surface area (Å²) in [6, 6.07) is 15.0. The Labute approximate surface area is 230 Å². The predicted octanol–water partition coefficient (Wildman–Crippen LogP) is 7.80. The van der Waals surface area contributed by atoms with Gasteiger partial charge in [-0.05, 0) is 41.8 Å². The van der Waals surface area contributed by atoms with Gasteiger partial charge in [0.25, 0.3) is 10.1 Å². The number of amides is 1. The Kier molecular flexibility index (Phi) is 15.1. The van der Waals surface area contributed by atoms with Crippen molar-refractivity contribution in [2.75, 3.05) is 17.8 Å². The third-order valence-corrected chi connectivity index (χ3v) is 7.14. The Bertz CT molecular complexity index is 1020. The lowest BCUT2D eigenvalue weighted by Crippen LogP contribution is -2.27. The van der Waals surface area contributed by atoms with Gasteiger partial charge in [-0.15, -0.1) is 0 Å². The van der Waals surface area contributed by atoms with Crippen LogP contribution in [0.25, 0.3) is 0 Å². The third-order valence-electron chi connectivity index (χ3n) is 6.60. The molecule has 0 aliphatic heterocycles. The molecule has 7 heteroatoms. The van der Waals surface area contributed by atoms with Crippen molar-refractivity contribution in [2.24, 2.45) is 0 Å². The van der Waals surface area contributed by atoms with Gasteiger partial charge in [0.15, 0.2) is 0 Å². The van der Waals surface area contributed by atoms with Gasteiger partial charge < -0.3 is 9.64 Å². The van der Waals surface area contributed by atoms with Crippen molar-refractivity contribution in [3.05, 3.63) is 59.7 Å². The van der Waals surface area contributed by atoms with Crippen LogP contribution in [0, 0.1) is 0 Å². The average molecular weight is 546 g/mol. The standard InChI is InChI=1S/C31H47NO5S/c1-4-5-6-7-8-9-10-11-12-13-14-15-24-36-31-22-18-28(19-23-31)25-32(27(2)33)30-20-16-29(17-21-30)26-37-38(3,34)35/h16-23H,4-15,24-26H2,1-3H3. The van der Waals surface area contributed by atoms with Crippen LogP contribution in [0.4, 0.5) is 5.69 Å². The average Bonchev–Trinajstić information content (AvgIpc) is 2.89. The molecule has 0 atom stereocenters. The second-order valence-corrected chi connectivity index (χ2v) is 11.8. The maximum absolute atomic E-state index is 12.3. The Balaban J connectivity index is 1.66. The summed E-state index contributed by atoms with van der Waals surface area (Å²) in [5.41, 5.74) is 2.47. The van der Waals surface area contributed by atoms with Gasteiger partial charge in [0.05, 0.1) is 26.0 Å². The summed E-state index contributed by atoms with van der Waals surface area (Å²) in [6.45, 7) is 4.94. The smallest absolute Gasteiger partial charge is 0.264 e. The van der Waals surface area contributed by atoms with E-state index in [1.165, 1.54) is 77.6 Å². The van der Waals surface area contributed by atoms with Gasteiger partial charge in [-0.25, -0.2) is 0 Å². The molecule has 0 fully saturated rings. The van der Waals surface area contributed by atoms with Gasteiger partial charge in [0, 0.05) is 12.6 Å². The molecule has 0 saturated heterocycles. The van der Waals surface area contributed by atoms with Crippen LogP contribution in [-0.4, -0.2) is 27.2 Å². The van der Waals surface area contributed by atoms with Crippen molar-refractivity contribution in [1.29, 1.82) is 0 Å². The van der Waals surface area contributed by atoms with Crippen LogP contribution < -0.4 is 9.64 Å². The van der Waals surface area contributed by atoms with Crippen LogP contribution in [0.5, 0.6) is 5.75 Å². The van der Waals surface area contributed by atoms with Crippen molar-refractivity contribution in [1.82, 2.24) is 0 Å². The first kappa shape index (κ1) is 31.8. The number of hydrogen-bond acceptors (Lipinski definition) is 5. The van der Waals surface area contributed by atoms with Crippen LogP contribution in [0.2, 0.25) is 0 Å². The number of carbonyl (C=O) groups excluding carboxylic acids is 1. The van der Waals surface area contributed by atoms with Crippen molar-refractivity contribution in [3.63, 3.8) is 0 Å². The van der Waals surface area contributed by atoms with E-state index in [0.29, 0.717) is 6.54 Å². The minimum Gasteiger partial charge on any atom is -0.494 e. The molecule has 2 aromatic rings. The normalized spacial score (nSPS) is 11.4. The van der Waals surface area contributed by atoms with E-state index in [2.05, 4.69) is 6.92 Å². The minimum atomic E-state index is -3.50. The maximum atomic E-state index is 12.3. The fraction of sp³-hybridized carbons (Fsp3) is 0.581. The number of benzene rings is 2. The second-order valence-electron chi connectivity index (χ2n) is 10.1. The molecule has 0 bridgehead atoms. The van der Waals surface area contributed by atoms with E-state index in [-0.39, 0.29) is 12.5 Å². The highest BCUT2D eigenvalue weighted by Crippen LogP contribution is 2.21. The molecule has 0 unspecified atom stereocenters. The monoisotopic (exact) mass is 545 g/mol. The van der Waals surface area contributed by atoms with Crippen LogP contribution in [0.3, 0.4) is 0 Å². The number of anilines is 1. The van der Waals surface area contributed by atoms with E-state index in [9.17, 15) is 13.2 Å². The molecule has 1 amide bonds. The van der Waals surface area contributed by atoms with E-state index in [0.717, 1.165) is 41.8 Å². The molecule has 0 aliphatic rings. The van der Waals surface area contributed by atoms with Crippen LogP contribution in [-0.2, 0) is 32.2 Å². The van der Waals surface area contributed by atoms with Gasteiger partial charge in [-0.1, -0.05) is 102 Å². The summed E-state index contributed by atoms with van der Waals surface area (Å²) >= 11 is 0. The van der Waals surface area contributed by atoms with E-state index in [1.807, 2.05) is 24.3 Å². The van der Waals surface area contributed by atoms with E-state index in [1.54, 1.807) is 29.2 Å². The maximum Gasteiger partial charge on any atom is 0.264 e. The molecule has 2 rings (SSSR count). The van der Waals surface area contributed by atoms with E-state index >= 15 is 0 Å². The first-order valence-electron chi connectivity index (χ1n) is 14.2. The zero-order chi connectivity index (χ0) is 27.6. The third kappa shape index (κ3) is 14.0. The number of carbonyl (C=O) groups is 1. The van der Waals surface area contributed by atoms with E-state index in [4.69, 9.17) is 8.92 Å². The first-order valence-corrected chi connectivity index (χ1v) is 16.0. The molecular formula is C31H47NO5S. The van der Waals surface area contributed by atoms with Crippen molar-refractivity contribution in [2.45, 2.75) is 104 Å². The lowest BCUT2D eigenvalue weighted by atomic mass is 10.1. The highest BCUT2D eigenvalue weighted by Gasteiger charge is 2.13. The molecule has 0 heterocycles. The molecule has 212 valence electrons.